The lowest BCUT2D eigenvalue weighted by Crippen LogP contribution is -2.33. The lowest BCUT2D eigenvalue weighted by molar-refractivity contribution is -0.253. The van der Waals surface area contributed by atoms with Crippen LogP contribution in [0.1, 0.15) is 15.9 Å². The van der Waals surface area contributed by atoms with Crippen LogP contribution in [0.15, 0.2) is 57.7 Å². The zero-order valence-corrected chi connectivity index (χ0v) is 15.0. The second-order valence-electron chi connectivity index (χ2n) is 6.13. The number of benzene rings is 2. The van der Waals surface area contributed by atoms with Gasteiger partial charge in [0.15, 0.2) is 0 Å². The SMILES string of the molecule is O=C(Nc1ccc2c(C(F)(F)F)cc(=O)oc2c1)c1cccc(OC(F)(F)C(F)F)c1. The van der Waals surface area contributed by atoms with Gasteiger partial charge < -0.3 is 14.5 Å². The van der Waals surface area contributed by atoms with Crippen molar-refractivity contribution in [2.45, 2.75) is 18.7 Å². The standard InChI is InChI=1S/C19H10F7NO4/c20-17(21)19(25,26)31-11-3-1-2-9(6-11)16(29)27-10-4-5-12-13(18(22,23)24)8-15(28)30-14(12)7-10/h1-8,17H,(H,27,29). The van der Waals surface area contributed by atoms with E-state index in [1.54, 1.807) is 0 Å². The molecule has 12 heteroatoms. The Morgan fingerprint density at radius 2 is 1.71 bits per heavy atom. The lowest BCUT2D eigenvalue weighted by Gasteiger charge is -2.17. The summed E-state index contributed by atoms with van der Waals surface area (Å²) in [6, 6.07) is 7.29. The quantitative estimate of drug-likeness (QED) is 0.424. The topological polar surface area (TPSA) is 68.5 Å². The molecule has 164 valence electrons. The fourth-order valence-electron chi connectivity index (χ4n) is 2.58. The maximum absolute atomic E-state index is 13.1. The molecule has 0 atom stereocenters. The van der Waals surface area contributed by atoms with Crippen molar-refractivity contribution < 1.29 is 44.7 Å². The minimum Gasteiger partial charge on any atom is -0.428 e. The number of carbonyl (C=O) groups is 1. The molecule has 1 heterocycles. The van der Waals surface area contributed by atoms with Crippen molar-refractivity contribution in [1.29, 1.82) is 0 Å². The molecule has 31 heavy (non-hydrogen) atoms. The van der Waals surface area contributed by atoms with E-state index < -0.39 is 52.5 Å². The first-order chi connectivity index (χ1) is 14.4. The van der Waals surface area contributed by atoms with Crippen LogP contribution in [0.5, 0.6) is 5.75 Å². The minimum absolute atomic E-state index is 0.0794. The van der Waals surface area contributed by atoms with Crippen LogP contribution >= 0.6 is 0 Å². The highest BCUT2D eigenvalue weighted by molar-refractivity contribution is 6.05. The van der Waals surface area contributed by atoms with Crippen LogP contribution < -0.4 is 15.7 Å². The van der Waals surface area contributed by atoms with E-state index in [1.165, 1.54) is 0 Å². The molecule has 2 aromatic carbocycles. The van der Waals surface area contributed by atoms with Gasteiger partial charge in [-0.2, -0.15) is 30.7 Å². The van der Waals surface area contributed by atoms with Gasteiger partial charge in [0.1, 0.15) is 11.3 Å². The third-order valence-corrected chi connectivity index (χ3v) is 3.91. The average molecular weight is 449 g/mol. The summed E-state index contributed by atoms with van der Waals surface area (Å²) in [5.41, 5.74) is -3.28. The number of amides is 1. The third kappa shape index (κ3) is 4.95. The normalized spacial score (nSPS) is 12.3. The first-order valence-electron chi connectivity index (χ1n) is 8.28. The molecule has 0 bridgehead atoms. The van der Waals surface area contributed by atoms with E-state index >= 15 is 0 Å². The molecule has 0 radical (unpaired) electrons. The van der Waals surface area contributed by atoms with Gasteiger partial charge in [-0.1, -0.05) is 6.07 Å². The summed E-state index contributed by atoms with van der Waals surface area (Å²) in [6.07, 6.45) is -13.7. The Hall–Kier alpha value is -3.57. The van der Waals surface area contributed by atoms with E-state index in [0.717, 1.165) is 42.5 Å². The van der Waals surface area contributed by atoms with Gasteiger partial charge in [0.05, 0.1) is 5.56 Å². The van der Waals surface area contributed by atoms with E-state index in [2.05, 4.69) is 10.1 Å². The predicted octanol–water partition coefficient (Wildman–Crippen LogP) is 5.30. The summed E-state index contributed by atoms with van der Waals surface area (Å²) in [6.45, 7) is 0. The molecule has 0 saturated heterocycles. The Labute approximate surface area is 168 Å². The number of carbonyl (C=O) groups excluding carboxylic acids is 1. The number of alkyl halides is 7. The zero-order valence-electron chi connectivity index (χ0n) is 15.0. The summed E-state index contributed by atoms with van der Waals surface area (Å²) in [5, 5.41) is 1.85. The van der Waals surface area contributed by atoms with Crippen LogP contribution in [0.2, 0.25) is 0 Å². The largest absolute Gasteiger partial charge is 0.461 e. The van der Waals surface area contributed by atoms with Crippen molar-refractivity contribution in [2.75, 3.05) is 5.32 Å². The maximum Gasteiger partial charge on any atom is 0.461 e. The van der Waals surface area contributed by atoms with Crippen LogP contribution in [0.3, 0.4) is 0 Å². The first kappa shape index (κ1) is 22.1. The van der Waals surface area contributed by atoms with E-state index in [4.69, 9.17) is 4.42 Å². The predicted molar refractivity (Wildman–Crippen MR) is 93.5 cm³/mol. The molecule has 1 aromatic heterocycles. The Kier molecular flexibility index (Phi) is 5.66. The van der Waals surface area contributed by atoms with Crippen molar-refractivity contribution in [3.8, 4) is 5.75 Å². The molecule has 0 aliphatic carbocycles. The molecule has 0 fully saturated rings. The number of halogens is 7. The number of hydrogen-bond donors (Lipinski definition) is 1. The minimum atomic E-state index is -4.82. The van der Waals surface area contributed by atoms with Crippen LogP contribution in [0, 0.1) is 0 Å². The summed E-state index contributed by atoms with van der Waals surface area (Å²) in [5.74, 6) is -1.63. The molecule has 5 nitrogen and oxygen atoms in total. The van der Waals surface area contributed by atoms with E-state index in [-0.39, 0.29) is 11.3 Å². The van der Waals surface area contributed by atoms with Gasteiger partial charge in [0, 0.05) is 28.8 Å². The van der Waals surface area contributed by atoms with Crippen molar-refractivity contribution in [3.63, 3.8) is 0 Å². The van der Waals surface area contributed by atoms with Gasteiger partial charge >= 0.3 is 24.3 Å². The van der Waals surface area contributed by atoms with Crippen LogP contribution in [0.25, 0.3) is 11.0 Å². The van der Waals surface area contributed by atoms with E-state index in [1.807, 2.05) is 0 Å². The number of ether oxygens (including phenoxy) is 1. The van der Waals surface area contributed by atoms with Gasteiger partial charge in [-0.15, -0.1) is 0 Å². The second kappa shape index (κ2) is 7.93. The fraction of sp³-hybridized carbons (Fsp3) is 0.158. The van der Waals surface area contributed by atoms with Crippen molar-refractivity contribution in [2.24, 2.45) is 0 Å². The summed E-state index contributed by atoms with van der Waals surface area (Å²) < 4.78 is 98.4. The molecule has 3 rings (SSSR count). The molecule has 3 aromatic rings. The molecular formula is C19H10F7NO4. The summed E-state index contributed by atoms with van der Waals surface area (Å²) in [4.78, 5) is 23.7. The van der Waals surface area contributed by atoms with E-state index in [0.29, 0.717) is 6.07 Å². The number of fused-ring (bicyclic) bond motifs is 1. The summed E-state index contributed by atoms with van der Waals surface area (Å²) in [7, 11) is 0. The van der Waals surface area contributed by atoms with E-state index in [9.17, 15) is 40.3 Å². The van der Waals surface area contributed by atoms with Crippen molar-refractivity contribution >= 4 is 22.6 Å². The lowest BCUT2D eigenvalue weighted by atomic mass is 10.1. The van der Waals surface area contributed by atoms with Gasteiger partial charge in [0.25, 0.3) is 5.91 Å². The molecule has 0 saturated carbocycles. The van der Waals surface area contributed by atoms with Gasteiger partial charge in [-0.25, -0.2) is 4.79 Å². The van der Waals surface area contributed by atoms with Gasteiger partial charge in [-0.3, -0.25) is 4.79 Å². The van der Waals surface area contributed by atoms with Gasteiger partial charge in [-0.05, 0) is 30.3 Å². The first-order valence-corrected chi connectivity index (χ1v) is 8.28. The Balaban J connectivity index is 1.87. The van der Waals surface area contributed by atoms with Crippen LogP contribution in [0.4, 0.5) is 36.4 Å². The monoisotopic (exact) mass is 449 g/mol. The molecule has 0 aliphatic rings. The smallest absolute Gasteiger partial charge is 0.428 e. The average Bonchev–Trinajstić information content (AvgIpc) is 2.66. The zero-order chi connectivity index (χ0) is 23.0. The van der Waals surface area contributed by atoms with Gasteiger partial charge in [0.2, 0.25) is 0 Å². The Bertz CT molecular complexity index is 1190. The highest BCUT2D eigenvalue weighted by Crippen LogP contribution is 2.34. The van der Waals surface area contributed by atoms with Crippen LogP contribution in [-0.2, 0) is 6.18 Å². The molecular weight excluding hydrogens is 439 g/mol. The number of anilines is 1. The highest BCUT2D eigenvalue weighted by atomic mass is 19.4. The molecule has 0 unspecified atom stereocenters. The Morgan fingerprint density at radius 3 is 2.35 bits per heavy atom. The van der Waals surface area contributed by atoms with Crippen molar-refractivity contribution in [1.82, 2.24) is 0 Å². The third-order valence-electron chi connectivity index (χ3n) is 3.91. The maximum atomic E-state index is 13.1. The molecule has 1 amide bonds. The second-order valence-corrected chi connectivity index (χ2v) is 6.13. The highest BCUT2D eigenvalue weighted by Gasteiger charge is 2.44. The van der Waals surface area contributed by atoms with Crippen molar-refractivity contribution in [3.05, 3.63) is 70.1 Å². The van der Waals surface area contributed by atoms with Crippen LogP contribution in [-0.4, -0.2) is 18.4 Å². The number of nitrogens with one attached hydrogen (secondary N) is 1. The number of hydrogen-bond acceptors (Lipinski definition) is 4. The molecule has 0 aliphatic heterocycles. The fourth-order valence-corrected chi connectivity index (χ4v) is 2.58. The number of rotatable bonds is 5. The Morgan fingerprint density at radius 1 is 1.00 bits per heavy atom. The molecule has 0 spiro atoms. The summed E-state index contributed by atoms with van der Waals surface area (Å²) >= 11 is 0. The molecule has 1 N–H and O–H groups in total.